The van der Waals surface area contributed by atoms with Gasteiger partial charge < -0.3 is 9.47 Å². The molecule has 3 rings (SSSR count). The second kappa shape index (κ2) is 8.61. The van der Waals surface area contributed by atoms with E-state index in [0.717, 1.165) is 17.1 Å². The highest BCUT2D eigenvalue weighted by Gasteiger charge is 2.30. The fraction of sp³-hybridized carbons (Fsp3) is 0.350. The van der Waals surface area contributed by atoms with Gasteiger partial charge in [-0.15, -0.1) is 0 Å². The normalized spacial score (nSPS) is 15.8. The molecular weight excluding hydrogens is 378 g/mol. The van der Waals surface area contributed by atoms with Crippen LogP contribution in [0.2, 0.25) is 0 Å². The molecule has 8 heteroatoms. The van der Waals surface area contributed by atoms with Gasteiger partial charge in [0.1, 0.15) is 17.6 Å². The first kappa shape index (κ1) is 20.1. The van der Waals surface area contributed by atoms with Crippen LogP contribution in [0.1, 0.15) is 11.1 Å². The van der Waals surface area contributed by atoms with Crippen molar-refractivity contribution in [3.63, 3.8) is 0 Å². The molecule has 0 bridgehead atoms. The fourth-order valence-electron chi connectivity index (χ4n) is 3.30. The molecule has 1 fully saturated rings. The Hall–Kier alpha value is -2.60. The van der Waals surface area contributed by atoms with Crippen LogP contribution in [-0.4, -0.2) is 58.0 Å². The number of piperazine rings is 1. The fourth-order valence-corrected chi connectivity index (χ4v) is 4.86. The number of benzene rings is 2. The van der Waals surface area contributed by atoms with Gasteiger partial charge >= 0.3 is 0 Å². The van der Waals surface area contributed by atoms with Crippen molar-refractivity contribution in [3.8, 4) is 17.6 Å². The predicted molar refractivity (Wildman–Crippen MR) is 105 cm³/mol. The average Bonchev–Trinajstić information content (AvgIpc) is 2.74. The van der Waals surface area contributed by atoms with E-state index in [4.69, 9.17) is 9.47 Å². The summed E-state index contributed by atoms with van der Waals surface area (Å²) < 4.78 is 38.0. The van der Waals surface area contributed by atoms with E-state index >= 15 is 0 Å². The van der Waals surface area contributed by atoms with Crippen LogP contribution in [0.4, 0.5) is 0 Å². The van der Waals surface area contributed by atoms with Gasteiger partial charge in [-0.3, -0.25) is 4.90 Å². The van der Waals surface area contributed by atoms with Crippen LogP contribution in [0.25, 0.3) is 0 Å². The summed E-state index contributed by atoms with van der Waals surface area (Å²) in [5.41, 5.74) is 1.17. The number of sulfonamides is 1. The third-order valence-corrected chi connectivity index (χ3v) is 6.79. The van der Waals surface area contributed by atoms with Gasteiger partial charge in [-0.2, -0.15) is 9.57 Å². The Labute approximate surface area is 165 Å². The maximum atomic E-state index is 12.9. The lowest BCUT2D eigenvalue weighted by Crippen LogP contribution is -2.48. The lowest BCUT2D eigenvalue weighted by Gasteiger charge is -2.34. The van der Waals surface area contributed by atoms with Crippen molar-refractivity contribution in [1.29, 1.82) is 5.26 Å². The molecule has 1 heterocycles. The van der Waals surface area contributed by atoms with E-state index in [9.17, 15) is 13.7 Å². The highest BCUT2D eigenvalue weighted by molar-refractivity contribution is 7.89. The molecule has 0 saturated carbocycles. The topological polar surface area (TPSA) is 82.9 Å². The quantitative estimate of drug-likeness (QED) is 0.737. The molecule has 1 saturated heterocycles. The molecule has 7 nitrogen and oxygen atoms in total. The Balaban J connectivity index is 1.71. The van der Waals surface area contributed by atoms with Crippen LogP contribution < -0.4 is 9.47 Å². The third-order valence-electron chi connectivity index (χ3n) is 4.84. The molecule has 0 atom stereocenters. The van der Waals surface area contributed by atoms with Gasteiger partial charge in [0.25, 0.3) is 0 Å². The number of rotatable bonds is 6. The molecule has 148 valence electrons. The zero-order valence-corrected chi connectivity index (χ0v) is 16.8. The van der Waals surface area contributed by atoms with E-state index in [0.29, 0.717) is 32.7 Å². The molecule has 2 aromatic rings. The molecular formula is C20H23N3O4S. The SMILES string of the molecule is COc1ccc(OC)c(CN2CCN(S(=O)(=O)c3ccccc3C#N)CC2)c1. The van der Waals surface area contributed by atoms with Crippen molar-refractivity contribution in [1.82, 2.24) is 9.21 Å². The molecule has 0 radical (unpaired) electrons. The van der Waals surface area contributed by atoms with Gasteiger partial charge in [0, 0.05) is 38.3 Å². The van der Waals surface area contributed by atoms with Gasteiger partial charge in [0.15, 0.2) is 0 Å². The molecule has 2 aromatic carbocycles. The molecule has 0 amide bonds. The first-order chi connectivity index (χ1) is 13.5. The van der Waals surface area contributed by atoms with Crippen molar-refractivity contribution < 1.29 is 17.9 Å². The third kappa shape index (κ3) is 4.12. The lowest BCUT2D eigenvalue weighted by molar-refractivity contribution is 0.180. The van der Waals surface area contributed by atoms with Crippen molar-refractivity contribution in [3.05, 3.63) is 53.6 Å². The first-order valence-electron chi connectivity index (χ1n) is 8.92. The van der Waals surface area contributed by atoms with Crippen molar-refractivity contribution >= 4 is 10.0 Å². The van der Waals surface area contributed by atoms with E-state index in [2.05, 4.69) is 4.90 Å². The number of ether oxygens (including phenoxy) is 2. The largest absolute Gasteiger partial charge is 0.497 e. The van der Waals surface area contributed by atoms with Gasteiger partial charge in [0.05, 0.1) is 24.7 Å². The molecule has 0 N–H and O–H groups in total. The summed E-state index contributed by atoms with van der Waals surface area (Å²) in [6, 6.07) is 13.9. The highest BCUT2D eigenvalue weighted by Crippen LogP contribution is 2.26. The van der Waals surface area contributed by atoms with E-state index < -0.39 is 10.0 Å². The van der Waals surface area contributed by atoms with Gasteiger partial charge in [-0.1, -0.05) is 12.1 Å². The number of nitriles is 1. The summed E-state index contributed by atoms with van der Waals surface area (Å²) in [7, 11) is -0.438. The van der Waals surface area contributed by atoms with Crippen molar-refractivity contribution in [2.45, 2.75) is 11.4 Å². The summed E-state index contributed by atoms with van der Waals surface area (Å²) in [6.45, 7) is 2.56. The minimum atomic E-state index is -3.69. The maximum absolute atomic E-state index is 12.9. The van der Waals surface area contributed by atoms with E-state index in [1.807, 2.05) is 24.3 Å². The maximum Gasteiger partial charge on any atom is 0.244 e. The molecule has 0 unspecified atom stereocenters. The summed E-state index contributed by atoms with van der Waals surface area (Å²) in [4.78, 5) is 2.25. The van der Waals surface area contributed by atoms with Crippen molar-refractivity contribution in [2.75, 3.05) is 40.4 Å². The van der Waals surface area contributed by atoms with Gasteiger partial charge in [-0.05, 0) is 30.3 Å². The summed E-state index contributed by atoms with van der Waals surface area (Å²) >= 11 is 0. The lowest BCUT2D eigenvalue weighted by atomic mass is 10.1. The van der Waals surface area contributed by atoms with Gasteiger partial charge in [0.2, 0.25) is 10.0 Å². The van der Waals surface area contributed by atoms with Gasteiger partial charge in [-0.25, -0.2) is 8.42 Å². The zero-order valence-electron chi connectivity index (χ0n) is 16.0. The Bertz CT molecular complexity index is 977. The minimum Gasteiger partial charge on any atom is -0.497 e. The highest BCUT2D eigenvalue weighted by atomic mass is 32.2. The first-order valence-corrected chi connectivity index (χ1v) is 10.4. The summed E-state index contributed by atoms with van der Waals surface area (Å²) in [5, 5.41) is 9.22. The minimum absolute atomic E-state index is 0.0698. The zero-order chi connectivity index (χ0) is 20.1. The number of nitrogens with zero attached hydrogens (tertiary/aromatic N) is 3. The van der Waals surface area contributed by atoms with Crippen LogP contribution in [0.5, 0.6) is 11.5 Å². The number of hydrogen-bond donors (Lipinski definition) is 0. The molecule has 0 aliphatic carbocycles. The number of hydrogen-bond acceptors (Lipinski definition) is 6. The second-order valence-corrected chi connectivity index (χ2v) is 8.37. The molecule has 1 aliphatic rings. The Morgan fingerprint density at radius 1 is 1.04 bits per heavy atom. The molecule has 28 heavy (non-hydrogen) atoms. The van der Waals surface area contributed by atoms with Crippen LogP contribution in [0.3, 0.4) is 0 Å². The average molecular weight is 401 g/mol. The molecule has 0 aromatic heterocycles. The molecule has 1 aliphatic heterocycles. The summed E-state index contributed by atoms with van der Waals surface area (Å²) in [5.74, 6) is 1.53. The predicted octanol–water partition coefficient (Wildman–Crippen LogP) is 2.08. The Morgan fingerprint density at radius 3 is 2.39 bits per heavy atom. The smallest absolute Gasteiger partial charge is 0.244 e. The Morgan fingerprint density at radius 2 is 1.75 bits per heavy atom. The monoisotopic (exact) mass is 401 g/mol. The molecule has 0 spiro atoms. The van der Waals surface area contributed by atoms with E-state index in [-0.39, 0.29) is 10.5 Å². The Kier molecular flexibility index (Phi) is 6.19. The standard InChI is InChI=1S/C20H23N3O4S/c1-26-18-7-8-19(27-2)17(13-18)15-22-9-11-23(12-10-22)28(24,25)20-6-4-3-5-16(20)14-21/h3-8,13H,9-12,15H2,1-2H3. The summed E-state index contributed by atoms with van der Waals surface area (Å²) in [6.07, 6.45) is 0. The van der Waals surface area contributed by atoms with Crippen molar-refractivity contribution in [2.24, 2.45) is 0 Å². The van der Waals surface area contributed by atoms with Crippen LogP contribution >= 0.6 is 0 Å². The second-order valence-electron chi connectivity index (χ2n) is 6.47. The van der Waals surface area contributed by atoms with Crippen LogP contribution in [0.15, 0.2) is 47.4 Å². The van der Waals surface area contributed by atoms with E-state index in [1.165, 1.54) is 16.4 Å². The van der Waals surface area contributed by atoms with E-state index in [1.54, 1.807) is 26.4 Å². The van der Waals surface area contributed by atoms with Crippen LogP contribution in [0, 0.1) is 11.3 Å². The van der Waals surface area contributed by atoms with Crippen LogP contribution in [-0.2, 0) is 16.6 Å². The number of methoxy groups -OCH3 is 2.